The third-order valence-electron chi connectivity index (χ3n) is 2.28. The molecule has 0 saturated carbocycles. The summed E-state index contributed by atoms with van der Waals surface area (Å²) < 4.78 is 6.34. The molecule has 2 aromatic heterocycles. The first-order valence-corrected chi connectivity index (χ1v) is 5.44. The molecule has 0 radical (unpaired) electrons. The van der Waals surface area contributed by atoms with Crippen LogP contribution in [0.15, 0.2) is 18.5 Å². The van der Waals surface area contributed by atoms with Gasteiger partial charge in [0.05, 0.1) is 17.9 Å². The lowest BCUT2D eigenvalue weighted by Gasteiger charge is -2.06. The fourth-order valence-corrected chi connectivity index (χ4v) is 1.42. The monoisotopic (exact) mass is 247 g/mol. The van der Waals surface area contributed by atoms with Crippen LogP contribution in [-0.2, 0) is 4.74 Å². The molecule has 2 heterocycles. The Morgan fingerprint density at radius 1 is 1.56 bits per heavy atom. The number of ether oxygens (including phenoxy) is 1. The van der Waals surface area contributed by atoms with E-state index >= 15 is 0 Å². The van der Waals surface area contributed by atoms with Gasteiger partial charge in [-0.3, -0.25) is 0 Å². The summed E-state index contributed by atoms with van der Waals surface area (Å²) in [5, 5.41) is 3.99. The predicted molar refractivity (Wildman–Crippen MR) is 64.3 cm³/mol. The smallest absolute Gasteiger partial charge is 0.341 e. The second kappa shape index (κ2) is 4.82. The van der Waals surface area contributed by atoms with Gasteiger partial charge in [-0.15, -0.1) is 5.10 Å². The maximum absolute atomic E-state index is 11.6. The number of anilines is 1. The van der Waals surface area contributed by atoms with E-state index in [9.17, 15) is 4.79 Å². The fraction of sp³-hybridized carbons (Fsp3) is 0.273. The minimum atomic E-state index is -0.429. The lowest BCUT2D eigenvalue weighted by atomic mass is 10.2. The minimum Gasteiger partial charge on any atom is -0.462 e. The van der Waals surface area contributed by atoms with Crippen LogP contribution in [0.1, 0.15) is 23.0 Å². The zero-order valence-corrected chi connectivity index (χ0v) is 10.1. The van der Waals surface area contributed by atoms with Crippen LogP contribution < -0.4 is 5.73 Å². The molecule has 2 rings (SSSR count). The van der Waals surface area contributed by atoms with Crippen molar-refractivity contribution in [1.82, 2.24) is 19.7 Å². The summed E-state index contributed by atoms with van der Waals surface area (Å²) in [6, 6.07) is 1.64. The number of carbonyl (C=O) groups excluding carboxylic acids is 1. The molecule has 0 unspecified atom stereocenters. The van der Waals surface area contributed by atoms with Crippen molar-refractivity contribution >= 4 is 11.8 Å². The molecule has 0 aliphatic rings. The van der Waals surface area contributed by atoms with Gasteiger partial charge in [0, 0.05) is 18.5 Å². The molecule has 0 atom stereocenters. The van der Waals surface area contributed by atoms with E-state index in [0.717, 1.165) is 0 Å². The summed E-state index contributed by atoms with van der Waals surface area (Å²) >= 11 is 0. The zero-order chi connectivity index (χ0) is 13.1. The highest BCUT2D eigenvalue weighted by molar-refractivity contribution is 5.90. The minimum absolute atomic E-state index is 0.315. The van der Waals surface area contributed by atoms with Gasteiger partial charge in [0.2, 0.25) is 0 Å². The average molecular weight is 247 g/mol. The van der Waals surface area contributed by atoms with Crippen molar-refractivity contribution in [2.45, 2.75) is 13.8 Å². The number of nitrogens with zero attached hydrogens (tertiary/aromatic N) is 4. The van der Waals surface area contributed by atoms with E-state index < -0.39 is 5.97 Å². The van der Waals surface area contributed by atoms with Gasteiger partial charge < -0.3 is 10.5 Å². The molecule has 7 heteroatoms. The van der Waals surface area contributed by atoms with Crippen molar-refractivity contribution in [3.63, 3.8) is 0 Å². The van der Waals surface area contributed by atoms with Crippen molar-refractivity contribution < 1.29 is 9.53 Å². The van der Waals surface area contributed by atoms with E-state index in [2.05, 4.69) is 15.1 Å². The average Bonchev–Trinajstić information content (AvgIpc) is 2.76. The quantitative estimate of drug-likeness (QED) is 0.803. The van der Waals surface area contributed by atoms with E-state index in [-0.39, 0.29) is 0 Å². The topological polar surface area (TPSA) is 95.9 Å². The second-order valence-electron chi connectivity index (χ2n) is 3.57. The molecule has 0 aliphatic carbocycles. The summed E-state index contributed by atoms with van der Waals surface area (Å²) in [5.74, 6) is 0.310. The molecule has 7 nitrogen and oxygen atoms in total. The lowest BCUT2D eigenvalue weighted by molar-refractivity contribution is 0.0524. The summed E-state index contributed by atoms with van der Waals surface area (Å²) in [7, 11) is 0. The molecular formula is C11H13N5O2. The van der Waals surface area contributed by atoms with Gasteiger partial charge in [0.1, 0.15) is 5.82 Å². The summed E-state index contributed by atoms with van der Waals surface area (Å²) in [6.07, 6.45) is 3.07. The molecular weight excluding hydrogens is 234 g/mol. The highest BCUT2D eigenvalue weighted by Gasteiger charge is 2.13. The van der Waals surface area contributed by atoms with E-state index in [0.29, 0.717) is 29.6 Å². The molecule has 0 aromatic carbocycles. The lowest BCUT2D eigenvalue weighted by Crippen LogP contribution is -2.11. The van der Waals surface area contributed by atoms with Crippen LogP contribution in [0.25, 0.3) is 5.95 Å². The SMILES string of the molecule is CCOC(=O)c1cnc(-n2ccc(N)n2)nc1C. The number of rotatable bonds is 3. The molecule has 0 amide bonds. The number of esters is 1. The first-order valence-electron chi connectivity index (χ1n) is 5.44. The Morgan fingerprint density at radius 3 is 2.89 bits per heavy atom. The van der Waals surface area contributed by atoms with Gasteiger partial charge >= 0.3 is 5.97 Å². The number of aromatic nitrogens is 4. The van der Waals surface area contributed by atoms with Gasteiger partial charge in [0.25, 0.3) is 5.95 Å². The second-order valence-corrected chi connectivity index (χ2v) is 3.57. The van der Waals surface area contributed by atoms with E-state index in [1.165, 1.54) is 10.9 Å². The number of hydrogen-bond donors (Lipinski definition) is 1. The van der Waals surface area contributed by atoms with Gasteiger partial charge in [-0.05, 0) is 13.8 Å². The number of nitrogen functional groups attached to an aromatic ring is 1. The largest absolute Gasteiger partial charge is 0.462 e. The molecule has 0 spiro atoms. The third kappa shape index (κ3) is 2.29. The van der Waals surface area contributed by atoms with Crippen LogP contribution in [0.3, 0.4) is 0 Å². The maximum Gasteiger partial charge on any atom is 0.341 e. The highest BCUT2D eigenvalue weighted by atomic mass is 16.5. The van der Waals surface area contributed by atoms with E-state index in [4.69, 9.17) is 10.5 Å². The molecule has 0 fully saturated rings. The summed E-state index contributed by atoms with van der Waals surface area (Å²) in [4.78, 5) is 19.8. The van der Waals surface area contributed by atoms with Crippen LogP contribution in [0.2, 0.25) is 0 Å². The number of aryl methyl sites for hydroxylation is 1. The van der Waals surface area contributed by atoms with Crippen LogP contribution in [-0.4, -0.2) is 32.3 Å². The van der Waals surface area contributed by atoms with Crippen molar-refractivity contribution in [3.05, 3.63) is 29.7 Å². The normalized spacial score (nSPS) is 10.3. The molecule has 0 bridgehead atoms. The van der Waals surface area contributed by atoms with Crippen molar-refractivity contribution in [3.8, 4) is 5.95 Å². The summed E-state index contributed by atoms with van der Waals surface area (Å²) in [5.41, 5.74) is 6.39. The third-order valence-corrected chi connectivity index (χ3v) is 2.28. The molecule has 0 saturated heterocycles. The molecule has 94 valence electrons. The Kier molecular flexibility index (Phi) is 3.22. The molecule has 0 aliphatic heterocycles. The standard InChI is InChI=1S/C11H13N5O2/c1-3-18-10(17)8-6-13-11(14-7(8)2)16-5-4-9(12)15-16/h4-6H,3H2,1-2H3,(H2,12,15). The Hall–Kier alpha value is -2.44. The van der Waals surface area contributed by atoms with Crippen molar-refractivity contribution in [1.29, 1.82) is 0 Å². The van der Waals surface area contributed by atoms with Crippen LogP contribution in [0, 0.1) is 6.92 Å². The van der Waals surface area contributed by atoms with E-state index in [1.54, 1.807) is 26.1 Å². The fourth-order valence-electron chi connectivity index (χ4n) is 1.42. The zero-order valence-electron chi connectivity index (χ0n) is 10.1. The van der Waals surface area contributed by atoms with Crippen molar-refractivity contribution in [2.24, 2.45) is 0 Å². The van der Waals surface area contributed by atoms with Gasteiger partial charge in [-0.2, -0.15) is 0 Å². The number of carbonyl (C=O) groups is 1. The first-order chi connectivity index (χ1) is 8.61. The van der Waals surface area contributed by atoms with Crippen LogP contribution in [0.4, 0.5) is 5.82 Å². The number of nitrogens with two attached hydrogens (primary N) is 1. The Labute approximate surface area is 104 Å². The highest BCUT2D eigenvalue weighted by Crippen LogP contribution is 2.09. The Morgan fingerprint density at radius 2 is 2.33 bits per heavy atom. The molecule has 2 N–H and O–H groups in total. The summed E-state index contributed by atoms with van der Waals surface area (Å²) in [6.45, 7) is 3.77. The van der Waals surface area contributed by atoms with Crippen molar-refractivity contribution in [2.75, 3.05) is 12.3 Å². The number of hydrogen-bond acceptors (Lipinski definition) is 6. The molecule has 2 aromatic rings. The Balaban J connectivity index is 2.33. The van der Waals surface area contributed by atoms with Gasteiger partial charge in [0.15, 0.2) is 0 Å². The van der Waals surface area contributed by atoms with Gasteiger partial charge in [-0.1, -0.05) is 0 Å². The predicted octanol–water partition coefficient (Wildman–Crippen LogP) is 0.730. The van der Waals surface area contributed by atoms with Crippen LogP contribution in [0.5, 0.6) is 0 Å². The molecule has 18 heavy (non-hydrogen) atoms. The van der Waals surface area contributed by atoms with Crippen LogP contribution >= 0.6 is 0 Å². The first kappa shape index (κ1) is 12.0. The van der Waals surface area contributed by atoms with E-state index in [1.807, 2.05) is 0 Å². The van der Waals surface area contributed by atoms with Gasteiger partial charge in [-0.25, -0.2) is 19.4 Å². The Bertz CT molecular complexity index is 579. The maximum atomic E-state index is 11.6.